The number of aryl methyl sites for hydroxylation is 1. The molecule has 1 aromatic carbocycles. The molecule has 0 saturated carbocycles. The van der Waals surface area contributed by atoms with Gasteiger partial charge in [-0.1, -0.05) is 18.2 Å². The number of ether oxygens (including phenoxy) is 3. The zero-order valence-electron chi connectivity index (χ0n) is 13.7. The fourth-order valence-electron chi connectivity index (χ4n) is 2.19. The van der Waals surface area contributed by atoms with E-state index in [2.05, 4.69) is 15.0 Å². The van der Waals surface area contributed by atoms with E-state index in [1.165, 1.54) is 14.2 Å². The molecule has 6 nitrogen and oxygen atoms in total. The van der Waals surface area contributed by atoms with E-state index in [0.29, 0.717) is 23.0 Å². The summed E-state index contributed by atoms with van der Waals surface area (Å²) in [7, 11) is 3.04. The number of methoxy groups -OCH3 is 2. The first-order valence-corrected chi connectivity index (χ1v) is 7.37. The molecule has 0 atom stereocenters. The van der Waals surface area contributed by atoms with Gasteiger partial charge < -0.3 is 14.2 Å². The molecule has 0 spiro atoms. The minimum Gasteiger partial charge on any atom is -0.487 e. The van der Waals surface area contributed by atoms with Crippen molar-refractivity contribution < 1.29 is 14.2 Å². The van der Waals surface area contributed by atoms with Crippen LogP contribution in [0, 0.1) is 6.92 Å². The van der Waals surface area contributed by atoms with Crippen LogP contribution < -0.4 is 14.2 Å². The Labute approximate surface area is 140 Å². The van der Waals surface area contributed by atoms with E-state index in [1.54, 1.807) is 6.20 Å². The molecular weight excluding hydrogens is 306 g/mol. The average molecular weight is 323 g/mol. The van der Waals surface area contributed by atoms with Gasteiger partial charge in [-0.2, -0.15) is 9.97 Å². The third-order valence-electron chi connectivity index (χ3n) is 3.30. The summed E-state index contributed by atoms with van der Waals surface area (Å²) in [5, 5.41) is 0. The van der Waals surface area contributed by atoms with Crippen LogP contribution in [-0.4, -0.2) is 29.2 Å². The van der Waals surface area contributed by atoms with Crippen molar-refractivity contribution in [1.82, 2.24) is 15.0 Å². The third-order valence-corrected chi connectivity index (χ3v) is 3.30. The van der Waals surface area contributed by atoms with Crippen molar-refractivity contribution in [2.24, 2.45) is 0 Å². The molecule has 0 fully saturated rings. The van der Waals surface area contributed by atoms with Gasteiger partial charge in [-0.3, -0.25) is 4.98 Å². The Morgan fingerprint density at radius 2 is 1.71 bits per heavy atom. The first-order chi connectivity index (χ1) is 11.7. The molecule has 0 amide bonds. The van der Waals surface area contributed by atoms with Gasteiger partial charge in [0.25, 0.3) is 11.8 Å². The maximum absolute atomic E-state index is 5.90. The molecule has 0 unspecified atom stereocenters. The van der Waals surface area contributed by atoms with Crippen molar-refractivity contribution in [2.75, 3.05) is 14.2 Å². The van der Waals surface area contributed by atoms with Gasteiger partial charge in [0.1, 0.15) is 11.4 Å². The summed E-state index contributed by atoms with van der Waals surface area (Å²) in [4.78, 5) is 13.1. The standard InChI is InChI=1S/C18H17N3O3/c1-12-7-6-8-13(11-12)24-18-15(22-2)17(23-3)20-16(21-18)14-9-4-5-10-19-14/h4-11H,1-3H3. The van der Waals surface area contributed by atoms with E-state index >= 15 is 0 Å². The average Bonchev–Trinajstić information content (AvgIpc) is 2.61. The van der Waals surface area contributed by atoms with Crippen molar-refractivity contribution in [3.8, 4) is 34.8 Å². The van der Waals surface area contributed by atoms with Crippen LogP contribution in [0.5, 0.6) is 23.3 Å². The van der Waals surface area contributed by atoms with Gasteiger partial charge >= 0.3 is 0 Å². The van der Waals surface area contributed by atoms with Gasteiger partial charge in [-0.15, -0.1) is 0 Å². The summed E-state index contributed by atoms with van der Waals surface area (Å²) >= 11 is 0. The van der Waals surface area contributed by atoms with Crippen LogP contribution in [0.4, 0.5) is 0 Å². The van der Waals surface area contributed by atoms with Crippen LogP contribution >= 0.6 is 0 Å². The second-order valence-electron chi connectivity index (χ2n) is 5.03. The Hall–Kier alpha value is -3.15. The lowest BCUT2D eigenvalue weighted by Crippen LogP contribution is -2.02. The van der Waals surface area contributed by atoms with Crippen molar-refractivity contribution in [3.63, 3.8) is 0 Å². The monoisotopic (exact) mass is 323 g/mol. The molecule has 0 aliphatic heterocycles. The molecule has 0 aliphatic rings. The fourth-order valence-corrected chi connectivity index (χ4v) is 2.19. The van der Waals surface area contributed by atoms with E-state index in [-0.39, 0.29) is 11.8 Å². The molecule has 122 valence electrons. The molecule has 0 aliphatic carbocycles. The Morgan fingerprint density at radius 1 is 0.875 bits per heavy atom. The summed E-state index contributed by atoms with van der Waals surface area (Å²) in [6.07, 6.45) is 1.68. The van der Waals surface area contributed by atoms with Crippen LogP contribution in [0.3, 0.4) is 0 Å². The number of hydrogen-bond donors (Lipinski definition) is 0. The van der Waals surface area contributed by atoms with Gasteiger partial charge in [0.15, 0.2) is 5.82 Å². The maximum Gasteiger partial charge on any atom is 0.270 e. The summed E-state index contributed by atoms with van der Waals surface area (Å²) in [6, 6.07) is 13.2. The predicted octanol–water partition coefficient (Wildman–Crippen LogP) is 3.66. The second kappa shape index (κ2) is 6.95. The number of rotatable bonds is 5. The number of nitrogens with zero attached hydrogens (tertiary/aromatic N) is 3. The Morgan fingerprint density at radius 3 is 2.38 bits per heavy atom. The molecule has 24 heavy (non-hydrogen) atoms. The Balaban J connectivity index is 2.09. The normalized spacial score (nSPS) is 10.3. The number of aromatic nitrogens is 3. The van der Waals surface area contributed by atoms with E-state index in [4.69, 9.17) is 14.2 Å². The van der Waals surface area contributed by atoms with Crippen LogP contribution in [0.1, 0.15) is 5.56 Å². The zero-order valence-corrected chi connectivity index (χ0v) is 13.7. The van der Waals surface area contributed by atoms with Crippen molar-refractivity contribution >= 4 is 0 Å². The van der Waals surface area contributed by atoms with Gasteiger partial charge in [0, 0.05) is 6.20 Å². The summed E-state index contributed by atoms with van der Waals surface area (Å²) in [5.41, 5.74) is 1.70. The lowest BCUT2D eigenvalue weighted by molar-refractivity contribution is 0.320. The van der Waals surface area contributed by atoms with E-state index in [0.717, 1.165) is 5.56 Å². The minimum absolute atomic E-state index is 0.274. The van der Waals surface area contributed by atoms with Gasteiger partial charge in [0.05, 0.1) is 14.2 Å². The molecule has 0 saturated heterocycles. The highest BCUT2D eigenvalue weighted by Gasteiger charge is 2.19. The van der Waals surface area contributed by atoms with Crippen LogP contribution in [-0.2, 0) is 0 Å². The van der Waals surface area contributed by atoms with Gasteiger partial charge in [0.2, 0.25) is 5.75 Å². The molecule has 3 aromatic rings. The SMILES string of the molecule is COc1nc(-c2ccccn2)nc(Oc2cccc(C)c2)c1OC. The molecule has 2 heterocycles. The second-order valence-corrected chi connectivity index (χ2v) is 5.03. The minimum atomic E-state index is 0.274. The highest BCUT2D eigenvalue weighted by molar-refractivity contribution is 5.55. The smallest absolute Gasteiger partial charge is 0.270 e. The largest absolute Gasteiger partial charge is 0.487 e. The molecule has 3 rings (SSSR count). The zero-order chi connectivity index (χ0) is 16.9. The van der Waals surface area contributed by atoms with E-state index in [1.807, 2.05) is 49.4 Å². The Kier molecular flexibility index (Phi) is 4.56. The molecule has 6 heteroatoms. The molecule has 0 N–H and O–H groups in total. The van der Waals surface area contributed by atoms with E-state index in [9.17, 15) is 0 Å². The van der Waals surface area contributed by atoms with Crippen molar-refractivity contribution in [3.05, 3.63) is 54.2 Å². The van der Waals surface area contributed by atoms with Crippen LogP contribution in [0.2, 0.25) is 0 Å². The molecule has 0 radical (unpaired) electrons. The maximum atomic E-state index is 5.90. The fraction of sp³-hybridized carbons (Fsp3) is 0.167. The molecule has 2 aromatic heterocycles. The molecule has 0 bridgehead atoms. The third kappa shape index (κ3) is 3.27. The predicted molar refractivity (Wildman–Crippen MR) is 89.6 cm³/mol. The van der Waals surface area contributed by atoms with Gasteiger partial charge in [-0.25, -0.2) is 0 Å². The molecular formula is C18H17N3O3. The number of benzene rings is 1. The highest BCUT2D eigenvalue weighted by atomic mass is 16.5. The van der Waals surface area contributed by atoms with Crippen LogP contribution in [0.25, 0.3) is 11.5 Å². The first kappa shape index (κ1) is 15.7. The lowest BCUT2D eigenvalue weighted by atomic mass is 10.2. The quantitative estimate of drug-likeness (QED) is 0.714. The lowest BCUT2D eigenvalue weighted by Gasteiger charge is -2.13. The van der Waals surface area contributed by atoms with E-state index < -0.39 is 0 Å². The first-order valence-electron chi connectivity index (χ1n) is 7.37. The van der Waals surface area contributed by atoms with Crippen molar-refractivity contribution in [2.45, 2.75) is 6.92 Å². The van der Waals surface area contributed by atoms with Crippen LogP contribution in [0.15, 0.2) is 48.7 Å². The topological polar surface area (TPSA) is 66.4 Å². The highest BCUT2D eigenvalue weighted by Crippen LogP contribution is 2.38. The van der Waals surface area contributed by atoms with Gasteiger partial charge in [-0.05, 0) is 36.8 Å². The summed E-state index contributed by atoms with van der Waals surface area (Å²) in [6.45, 7) is 1.99. The summed E-state index contributed by atoms with van der Waals surface area (Å²) in [5.74, 6) is 1.95. The Bertz CT molecular complexity index is 838. The summed E-state index contributed by atoms with van der Waals surface area (Å²) < 4.78 is 16.6. The number of hydrogen-bond acceptors (Lipinski definition) is 6. The van der Waals surface area contributed by atoms with Crippen molar-refractivity contribution in [1.29, 1.82) is 0 Å². The number of pyridine rings is 1.